The molecule has 0 aliphatic rings. The Balaban J connectivity index is 1.82. The Morgan fingerprint density at radius 2 is 1.92 bits per heavy atom. The van der Waals surface area contributed by atoms with Crippen molar-refractivity contribution in [1.82, 2.24) is 15.0 Å². The molecule has 0 bridgehead atoms. The normalized spacial score (nSPS) is 12.7. The fraction of sp³-hybridized carbons (Fsp3) is 0.429. The van der Waals surface area contributed by atoms with Crippen molar-refractivity contribution in [2.75, 3.05) is 6.61 Å². The molecule has 4 heteroatoms. The number of hydrogen-bond donors (Lipinski definition) is 1. The highest BCUT2D eigenvalue weighted by Gasteiger charge is 2.11. The molecule has 2 heterocycles. The third kappa shape index (κ3) is 4.01. The third-order valence-corrected chi connectivity index (χ3v) is 4.39. The Morgan fingerprint density at radius 1 is 1.12 bits per heavy atom. The predicted octanol–water partition coefficient (Wildman–Crippen LogP) is 5.30. The average molecular weight is 337 g/mol. The second-order valence-electron chi connectivity index (χ2n) is 7.41. The van der Waals surface area contributed by atoms with Crippen molar-refractivity contribution in [3.63, 3.8) is 0 Å². The van der Waals surface area contributed by atoms with Crippen molar-refractivity contribution < 1.29 is 4.74 Å². The van der Waals surface area contributed by atoms with Crippen molar-refractivity contribution in [3.05, 3.63) is 41.9 Å². The second-order valence-corrected chi connectivity index (χ2v) is 7.41. The van der Waals surface area contributed by atoms with Crippen LogP contribution in [0.4, 0.5) is 0 Å². The van der Waals surface area contributed by atoms with Gasteiger partial charge in [0, 0.05) is 11.8 Å². The van der Waals surface area contributed by atoms with Crippen LogP contribution in [0.3, 0.4) is 0 Å². The molecule has 4 nitrogen and oxygen atoms in total. The van der Waals surface area contributed by atoms with Gasteiger partial charge in [0.05, 0.1) is 12.1 Å². The summed E-state index contributed by atoms with van der Waals surface area (Å²) >= 11 is 0. The number of nitrogens with zero attached hydrogens (tertiary/aromatic N) is 2. The summed E-state index contributed by atoms with van der Waals surface area (Å²) in [7, 11) is 0. The van der Waals surface area contributed by atoms with Crippen LogP contribution < -0.4 is 4.74 Å². The minimum absolute atomic E-state index is 0.562. The number of imidazole rings is 1. The first-order valence-electron chi connectivity index (χ1n) is 8.99. The van der Waals surface area contributed by atoms with E-state index in [1.165, 1.54) is 6.42 Å². The fourth-order valence-corrected chi connectivity index (χ4v) is 3.35. The largest absolute Gasteiger partial charge is 0.493 e. The fourth-order valence-electron chi connectivity index (χ4n) is 3.35. The van der Waals surface area contributed by atoms with Gasteiger partial charge in [0.1, 0.15) is 11.6 Å². The van der Waals surface area contributed by atoms with E-state index in [1.54, 1.807) is 0 Å². The molecular weight excluding hydrogens is 310 g/mol. The molecule has 0 spiro atoms. The quantitative estimate of drug-likeness (QED) is 0.664. The smallest absolute Gasteiger partial charge is 0.178 e. The van der Waals surface area contributed by atoms with Crippen LogP contribution in [0, 0.1) is 25.7 Å². The summed E-state index contributed by atoms with van der Waals surface area (Å²) in [4.78, 5) is 12.1. The van der Waals surface area contributed by atoms with E-state index in [0.717, 1.165) is 46.0 Å². The van der Waals surface area contributed by atoms with E-state index in [-0.39, 0.29) is 0 Å². The second kappa shape index (κ2) is 7.26. The van der Waals surface area contributed by atoms with Gasteiger partial charge >= 0.3 is 0 Å². The van der Waals surface area contributed by atoms with Gasteiger partial charge in [-0.3, -0.25) is 0 Å². The lowest BCUT2D eigenvalue weighted by molar-refractivity contribution is 0.238. The highest BCUT2D eigenvalue weighted by Crippen LogP contribution is 2.30. The van der Waals surface area contributed by atoms with E-state index < -0.39 is 0 Å². The van der Waals surface area contributed by atoms with Crippen molar-refractivity contribution in [2.45, 2.75) is 41.0 Å². The van der Waals surface area contributed by atoms with Gasteiger partial charge in [0.15, 0.2) is 5.65 Å². The summed E-state index contributed by atoms with van der Waals surface area (Å²) in [6.07, 6.45) is 3.00. The number of nitrogens with one attached hydrogen (secondary N) is 1. The molecule has 0 aliphatic carbocycles. The first-order chi connectivity index (χ1) is 11.9. The van der Waals surface area contributed by atoms with Gasteiger partial charge in [0.25, 0.3) is 0 Å². The van der Waals surface area contributed by atoms with Gasteiger partial charge in [-0.25, -0.2) is 9.97 Å². The maximum Gasteiger partial charge on any atom is 0.178 e. The molecule has 0 fully saturated rings. The number of fused-ring (bicyclic) bond motifs is 1. The van der Waals surface area contributed by atoms with Gasteiger partial charge in [-0.1, -0.05) is 26.8 Å². The number of aromatic amines is 1. The summed E-state index contributed by atoms with van der Waals surface area (Å²) in [6, 6.07) is 8.38. The number of pyridine rings is 1. The monoisotopic (exact) mass is 337 g/mol. The third-order valence-electron chi connectivity index (χ3n) is 4.39. The first-order valence-corrected chi connectivity index (χ1v) is 8.99. The zero-order valence-corrected chi connectivity index (χ0v) is 15.8. The molecule has 0 saturated heterocycles. The molecule has 0 amide bonds. The van der Waals surface area contributed by atoms with E-state index >= 15 is 0 Å². The lowest BCUT2D eigenvalue weighted by Crippen LogP contribution is -2.11. The van der Waals surface area contributed by atoms with Crippen LogP contribution in [0.25, 0.3) is 22.3 Å². The minimum Gasteiger partial charge on any atom is -0.493 e. The number of hydrogen-bond acceptors (Lipinski definition) is 3. The van der Waals surface area contributed by atoms with Gasteiger partial charge in [-0.05, 0) is 61.4 Å². The minimum atomic E-state index is 0.562. The maximum atomic E-state index is 6.05. The molecule has 0 radical (unpaired) electrons. The Labute approximate surface area is 149 Å². The van der Waals surface area contributed by atoms with Crippen LogP contribution in [0.15, 0.2) is 30.5 Å². The Morgan fingerprint density at radius 3 is 2.64 bits per heavy atom. The molecule has 25 heavy (non-hydrogen) atoms. The Bertz CT molecular complexity index is 867. The molecule has 0 saturated carbocycles. The average Bonchev–Trinajstić information content (AvgIpc) is 2.93. The number of aryl methyl sites for hydroxylation is 2. The molecular formula is C21H27N3O. The number of benzene rings is 1. The van der Waals surface area contributed by atoms with Crippen LogP contribution in [0.2, 0.25) is 0 Å². The van der Waals surface area contributed by atoms with Crippen LogP contribution in [0.5, 0.6) is 5.75 Å². The molecule has 1 aromatic carbocycles. The van der Waals surface area contributed by atoms with Gasteiger partial charge in [-0.15, -0.1) is 0 Å². The Hall–Kier alpha value is -2.36. The molecule has 1 N–H and O–H groups in total. The van der Waals surface area contributed by atoms with Crippen LogP contribution >= 0.6 is 0 Å². The van der Waals surface area contributed by atoms with E-state index in [2.05, 4.69) is 60.8 Å². The molecule has 2 aromatic heterocycles. The number of ether oxygens (including phenoxy) is 1. The predicted molar refractivity (Wildman–Crippen MR) is 103 cm³/mol. The molecule has 3 rings (SSSR count). The van der Waals surface area contributed by atoms with Gasteiger partial charge in [-0.2, -0.15) is 0 Å². The topological polar surface area (TPSA) is 50.8 Å². The summed E-state index contributed by atoms with van der Waals surface area (Å²) < 4.78 is 6.05. The van der Waals surface area contributed by atoms with Crippen molar-refractivity contribution in [2.24, 2.45) is 11.8 Å². The van der Waals surface area contributed by atoms with Crippen LogP contribution in [-0.2, 0) is 0 Å². The summed E-state index contributed by atoms with van der Waals surface area (Å²) in [5.74, 6) is 3.11. The van der Waals surface area contributed by atoms with E-state index in [9.17, 15) is 0 Å². The zero-order valence-electron chi connectivity index (χ0n) is 15.8. The zero-order chi connectivity index (χ0) is 18.0. The van der Waals surface area contributed by atoms with E-state index in [1.807, 2.05) is 19.2 Å². The SMILES string of the molecule is Cc1nc2nccc(-c3ccc(OCC(C)CC(C)C)c(C)c3)c2[nH]1. The molecule has 3 aromatic rings. The lowest BCUT2D eigenvalue weighted by atomic mass is 10.00. The highest BCUT2D eigenvalue weighted by molar-refractivity contribution is 5.89. The van der Waals surface area contributed by atoms with Crippen LogP contribution in [0.1, 0.15) is 38.6 Å². The van der Waals surface area contributed by atoms with E-state index in [0.29, 0.717) is 11.8 Å². The number of H-pyrrole nitrogens is 1. The Kier molecular flexibility index (Phi) is 5.07. The van der Waals surface area contributed by atoms with Gasteiger partial charge in [0.2, 0.25) is 0 Å². The highest BCUT2D eigenvalue weighted by atomic mass is 16.5. The standard InChI is InChI=1S/C21H27N3O/c1-13(2)10-14(3)12-25-19-7-6-17(11-15(19)4)18-8-9-22-21-20(18)23-16(5)24-21/h6-9,11,13-14H,10,12H2,1-5H3,(H,22,23,24). The van der Waals surface area contributed by atoms with E-state index in [4.69, 9.17) is 4.74 Å². The van der Waals surface area contributed by atoms with Gasteiger partial charge < -0.3 is 9.72 Å². The van der Waals surface area contributed by atoms with Crippen LogP contribution in [-0.4, -0.2) is 21.6 Å². The van der Waals surface area contributed by atoms with Crippen molar-refractivity contribution >= 4 is 11.2 Å². The summed E-state index contributed by atoms with van der Waals surface area (Å²) in [5, 5.41) is 0. The van der Waals surface area contributed by atoms with Crippen molar-refractivity contribution in [3.8, 4) is 16.9 Å². The summed E-state index contributed by atoms with van der Waals surface area (Å²) in [6.45, 7) is 11.6. The molecule has 0 aliphatic heterocycles. The molecule has 1 atom stereocenters. The molecule has 132 valence electrons. The summed E-state index contributed by atoms with van der Waals surface area (Å²) in [5.41, 5.74) is 5.16. The molecule has 1 unspecified atom stereocenters. The van der Waals surface area contributed by atoms with Crippen molar-refractivity contribution in [1.29, 1.82) is 0 Å². The lowest BCUT2D eigenvalue weighted by Gasteiger charge is -2.16. The first kappa shape index (κ1) is 17.5. The maximum absolute atomic E-state index is 6.05. The number of rotatable bonds is 6. The number of aromatic nitrogens is 3.